The molecule has 48 heavy (non-hydrogen) atoms. The molecule has 0 aliphatic carbocycles. The second-order valence-corrected chi connectivity index (χ2v) is 12.1. The van der Waals surface area contributed by atoms with Gasteiger partial charge < -0.3 is 18.9 Å². The molecular formula is C40H44O8. The lowest BCUT2D eigenvalue weighted by molar-refractivity contribution is 0.0485. The van der Waals surface area contributed by atoms with E-state index in [4.69, 9.17) is 18.9 Å². The first kappa shape index (κ1) is 34.6. The highest BCUT2D eigenvalue weighted by atomic mass is 16.5. The molecule has 0 bridgehead atoms. The Morgan fingerprint density at radius 2 is 0.604 bits per heavy atom. The largest absolute Gasteiger partial charge is 0.462 e. The second-order valence-electron chi connectivity index (χ2n) is 12.1. The van der Waals surface area contributed by atoms with Gasteiger partial charge in [0.25, 0.3) is 0 Å². The van der Waals surface area contributed by atoms with Crippen LogP contribution in [0.5, 0.6) is 0 Å². The van der Waals surface area contributed by atoms with Crippen molar-refractivity contribution in [2.45, 2.75) is 79.1 Å². The molecule has 0 saturated heterocycles. The van der Waals surface area contributed by atoms with Gasteiger partial charge in [0.2, 0.25) is 0 Å². The Bertz CT molecular complexity index is 1680. The number of esters is 4. The van der Waals surface area contributed by atoms with Crippen LogP contribution in [0.2, 0.25) is 0 Å². The summed E-state index contributed by atoms with van der Waals surface area (Å²) in [6.07, 6.45) is 6.37. The average molecular weight is 653 g/mol. The minimum absolute atomic E-state index is 0.269. The number of carbonyl (C=O) groups excluding carboxylic acids is 4. The van der Waals surface area contributed by atoms with Crippen LogP contribution in [0.4, 0.5) is 0 Å². The molecule has 5 aromatic rings. The van der Waals surface area contributed by atoms with Gasteiger partial charge in [-0.15, -0.1) is 0 Å². The molecule has 0 amide bonds. The van der Waals surface area contributed by atoms with Crippen LogP contribution in [0, 0.1) is 0 Å². The highest BCUT2D eigenvalue weighted by Crippen LogP contribution is 2.44. The van der Waals surface area contributed by atoms with Gasteiger partial charge in [-0.1, -0.05) is 77.6 Å². The van der Waals surface area contributed by atoms with Crippen LogP contribution in [0.25, 0.3) is 43.1 Å². The van der Waals surface area contributed by atoms with E-state index in [-0.39, 0.29) is 48.7 Å². The van der Waals surface area contributed by atoms with E-state index in [0.29, 0.717) is 21.5 Å². The monoisotopic (exact) mass is 652 g/mol. The number of hydrogen-bond donors (Lipinski definition) is 0. The van der Waals surface area contributed by atoms with Gasteiger partial charge in [-0.2, -0.15) is 0 Å². The predicted molar refractivity (Wildman–Crippen MR) is 188 cm³/mol. The van der Waals surface area contributed by atoms with E-state index in [0.717, 1.165) is 72.9 Å². The minimum Gasteiger partial charge on any atom is -0.462 e. The molecule has 0 aliphatic rings. The fraction of sp³-hybridized carbons (Fsp3) is 0.400. The zero-order valence-electron chi connectivity index (χ0n) is 28.4. The fourth-order valence-corrected chi connectivity index (χ4v) is 6.12. The van der Waals surface area contributed by atoms with E-state index in [2.05, 4.69) is 0 Å². The Hall–Kier alpha value is -4.72. The van der Waals surface area contributed by atoms with Crippen molar-refractivity contribution in [3.63, 3.8) is 0 Å². The van der Waals surface area contributed by atoms with Gasteiger partial charge in [-0.05, 0) is 82.3 Å². The summed E-state index contributed by atoms with van der Waals surface area (Å²) in [7, 11) is 0. The smallest absolute Gasteiger partial charge is 0.338 e. The summed E-state index contributed by atoms with van der Waals surface area (Å²) in [5.74, 6) is -2.05. The van der Waals surface area contributed by atoms with Gasteiger partial charge in [0.1, 0.15) is 0 Å². The maximum Gasteiger partial charge on any atom is 0.338 e. The number of rotatable bonds is 16. The van der Waals surface area contributed by atoms with Crippen molar-refractivity contribution in [3.05, 3.63) is 70.8 Å². The van der Waals surface area contributed by atoms with Crippen LogP contribution in [0.1, 0.15) is 120 Å². The molecule has 8 heteroatoms. The molecule has 0 fully saturated rings. The number of hydrogen-bond acceptors (Lipinski definition) is 8. The Morgan fingerprint density at radius 3 is 0.812 bits per heavy atom. The quantitative estimate of drug-likeness (QED) is 0.0341. The van der Waals surface area contributed by atoms with Crippen molar-refractivity contribution >= 4 is 67.0 Å². The van der Waals surface area contributed by atoms with E-state index in [9.17, 15) is 19.2 Å². The zero-order chi connectivity index (χ0) is 34.2. The van der Waals surface area contributed by atoms with Crippen LogP contribution < -0.4 is 0 Å². The molecule has 0 radical (unpaired) electrons. The van der Waals surface area contributed by atoms with Crippen molar-refractivity contribution in [2.75, 3.05) is 26.4 Å². The third-order valence-corrected chi connectivity index (χ3v) is 8.71. The molecule has 5 aromatic carbocycles. The summed E-state index contributed by atoms with van der Waals surface area (Å²) in [6, 6.07) is 14.1. The van der Waals surface area contributed by atoms with Gasteiger partial charge >= 0.3 is 23.9 Å². The maximum absolute atomic E-state index is 13.5. The van der Waals surface area contributed by atoms with Crippen LogP contribution in [-0.2, 0) is 18.9 Å². The molecule has 0 saturated carbocycles. The molecule has 252 valence electrons. The van der Waals surface area contributed by atoms with E-state index in [1.807, 2.05) is 52.0 Å². The summed E-state index contributed by atoms with van der Waals surface area (Å²) in [4.78, 5) is 54.0. The third-order valence-electron chi connectivity index (χ3n) is 8.71. The van der Waals surface area contributed by atoms with Crippen LogP contribution in [0.3, 0.4) is 0 Å². The highest BCUT2D eigenvalue weighted by Gasteiger charge is 2.27. The Kier molecular flexibility index (Phi) is 11.5. The van der Waals surface area contributed by atoms with Crippen LogP contribution >= 0.6 is 0 Å². The molecular weight excluding hydrogens is 608 g/mol. The molecule has 8 nitrogen and oxygen atoms in total. The molecule has 0 heterocycles. The zero-order valence-corrected chi connectivity index (χ0v) is 28.4. The van der Waals surface area contributed by atoms with E-state index >= 15 is 0 Å². The van der Waals surface area contributed by atoms with Crippen molar-refractivity contribution in [3.8, 4) is 0 Å². The van der Waals surface area contributed by atoms with Gasteiger partial charge in [0.15, 0.2) is 0 Å². The first-order valence-corrected chi connectivity index (χ1v) is 17.3. The fourth-order valence-electron chi connectivity index (χ4n) is 6.12. The molecule has 0 aliphatic heterocycles. The van der Waals surface area contributed by atoms with Gasteiger partial charge in [0, 0.05) is 10.8 Å². The SMILES string of the molecule is CCCCOC(=O)c1ccc2c3ccc(C(=O)OCCCC)c4c(C(=O)OCCCC)ccc(c5ccc(C(=O)OCCCC)c1c25)c43. The lowest BCUT2D eigenvalue weighted by Gasteiger charge is -2.20. The predicted octanol–water partition coefficient (Wildman–Crippen LogP) is 9.56. The van der Waals surface area contributed by atoms with Gasteiger partial charge in [-0.3, -0.25) is 0 Å². The third kappa shape index (κ3) is 6.80. The van der Waals surface area contributed by atoms with E-state index in [1.54, 1.807) is 24.3 Å². The lowest BCUT2D eigenvalue weighted by Crippen LogP contribution is -2.13. The molecule has 0 aromatic heterocycles. The number of unbranched alkanes of at least 4 members (excludes halogenated alkanes) is 4. The number of carbonyl (C=O) groups is 4. The summed E-state index contributed by atoms with van der Waals surface area (Å²) in [6.45, 7) is 9.15. The standard InChI is InChI=1S/C40H44O8/c1-5-9-21-45-37(41)29-17-13-25-27-15-19-31(39(43)47-23-11-7-3)36-32(40(44)48-24-12-8-4)20-16-28(34(27)36)26-14-18-30(35(29)33(25)26)38(42)46-22-10-6-2/h13-20H,5-12,21-24H2,1-4H3. The summed E-state index contributed by atoms with van der Waals surface area (Å²) >= 11 is 0. The average Bonchev–Trinajstić information content (AvgIpc) is 3.10. The Balaban J connectivity index is 1.82. The van der Waals surface area contributed by atoms with E-state index < -0.39 is 23.9 Å². The number of ether oxygens (including phenoxy) is 4. The van der Waals surface area contributed by atoms with Crippen molar-refractivity contribution < 1.29 is 38.1 Å². The van der Waals surface area contributed by atoms with Crippen molar-refractivity contribution in [1.82, 2.24) is 0 Å². The molecule has 0 atom stereocenters. The normalized spacial score (nSPS) is 11.4. The molecule has 0 N–H and O–H groups in total. The highest BCUT2D eigenvalue weighted by molar-refractivity contribution is 6.38. The number of benzene rings is 5. The summed E-state index contributed by atoms with van der Waals surface area (Å²) < 4.78 is 22.6. The Labute approximate surface area is 281 Å². The van der Waals surface area contributed by atoms with Crippen molar-refractivity contribution in [2.24, 2.45) is 0 Å². The lowest BCUT2D eigenvalue weighted by atomic mass is 9.84. The van der Waals surface area contributed by atoms with Gasteiger partial charge in [-0.25, -0.2) is 19.2 Å². The summed E-state index contributed by atoms with van der Waals surface area (Å²) in [5.41, 5.74) is 1.12. The maximum atomic E-state index is 13.5. The molecule has 0 unspecified atom stereocenters. The van der Waals surface area contributed by atoms with Gasteiger partial charge in [0.05, 0.1) is 48.7 Å². The molecule has 5 rings (SSSR count). The van der Waals surface area contributed by atoms with Crippen LogP contribution in [0.15, 0.2) is 48.5 Å². The van der Waals surface area contributed by atoms with Crippen LogP contribution in [-0.4, -0.2) is 50.3 Å². The molecule has 0 spiro atoms. The summed E-state index contributed by atoms with van der Waals surface area (Å²) in [5, 5.41) is 5.35. The minimum atomic E-state index is -0.513. The van der Waals surface area contributed by atoms with E-state index in [1.165, 1.54) is 0 Å². The second kappa shape index (κ2) is 15.9. The first-order valence-electron chi connectivity index (χ1n) is 17.3. The van der Waals surface area contributed by atoms with Crippen molar-refractivity contribution in [1.29, 1.82) is 0 Å². The number of fused-ring (bicyclic) bond motifs is 2. The first-order chi connectivity index (χ1) is 23.4. The topological polar surface area (TPSA) is 105 Å². The Morgan fingerprint density at radius 1 is 0.375 bits per heavy atom.